The minimum atomic E-state index is 0.00189. The van der Waals surface area contributed by atoms with Crippen molar-refractivity contribution in [1.82, 2.24) is 0 Å². The Labute approximate surface area is 137 Å². The second-order valence-corrected chi connectivity index (χ2v) is 5.67. The molecule has 1 aliphatic heterocycles. The van der Waals surface area contributed by atoms with Gasteiger partial charge in [0.1, 0.15) is 17.9 Å². The van der Waals surface area contributed by atoms with Crippen molar-refractivity contribution in [3.8, 4) is 17.9 Å². The summed E-state index contributed by atoms with van der Waals surface area (Å²) in [4.78, 5) is 2.23. The van der Waals surface area contributed by atoms with Crippen molar-refractivity contribution in [3.63, 3.8) is 0 Å². The Bertz CT molecular complexity index is 725. The van der Waals surface area contributed by atoms with Crippen LogP contribution in [0.5, 0.6) is 5.75 Å². The van der Waals surface area contributed by atoms with Gasteiger partial charge in [-0.2, -0.15) is 10.5 Å². The minimum Gasteiger partial charge on any atom is -0.454 e. The second kappa shape index (κ2) is 7.03. The normalized spacial score (nSPS) is 12.7. The van der Waals surface area contributed by atoms with Gasteiger partial charge in [-0.25, -0.2) is 0 Å². The van der Waals surface area contributed by atoms with Crippen molar-refractivity contribution in [2.75, 3.05) is 18.0 Å². The first-order chi connectivity index (χ1) is 11.0. The van der Waals surface area contributed by atoms with E-state index in [1.807, 2.05) is 24.3 Å². The fraction of sp³-hybridized carbons (Fsp3) is 0.368. The molecule has 0 aliphatic carbocycles. The van der Waals surface area contributed by atoms with Crippen LogP contribution >= 0.6 is 0 Å². The van der Waals surface area contributed by atoms with Gasteiger partial charge in [0.25, 0.3) is 0 Å². The number of hydrogen-bond acceptors (Lipinski definition) is 4. The zero-order valence-corrected chi connectivity index (χ0v) is 14.1. The molecule has 0 N–H and O–H groups in total. The van der Waals surface area contributed by atoms with E-state index in [0.717, 1.165) is 29.9 Å². The monoisotopic (exact) mass is 307 g/mol. The molecule has 4 nitrogen and oxygen atoms in total. The van der Waals surface area contributed by atoms with Crippen molar-refractivity contribution < 1.29 is 4.74 Å². The van der Waals surface area contributed by atoms with Gasteiger partial charge in [0.05, 0.1) is 0 Å². The Morgan fingerprint density at radius 2 is 1.83 bits per heavy atom. The summed E-state index contributed by atoms with van der Waals surface area (Å²) in [6.45, 7) is 10.2. The molecule has 0 spiro atoms. The molecule has 0 saturated heterocycles. The fourth-order valence-corrected chi connectivity index (χ4v) is 2.72. The van der Waals surface area contributed by atoms with Crippen LogP contribution < -0.4 is 9.64 Å². The second-order valence-electron chi connectivity index (χ2n) is 5.67. The topological polar surface area (TPSA) is 60.0 Å². The predicted molar refractivity (Wildman–Crippen MR) is 91.7 cm³/mol. The molecule has 1 aromatic carbocycles. The lowest BCUT2D eigenvalue weighted by molar-refractivity contribution is 0.434. The summed E-state index contributed by atoms with van der Waals surface area (Å²) in [7, 11) is 0. The quantitative estimate of drug-likeness (QED) is 0.780. The molecule has 118 valence electrons. The molecule has 1 aliphatic rings. The summed E-state index contributed by atoms with van der Waals surface area (Å²) in [5.74, 6) is 1.31. The first-order valence-electron chi connectivity index (χ1n) is 7.88. The van der Waals surface area contributed by atoms with E-state index in [1.54, 1.807) is 0 Å². The van der Waals surface area contributed by atoms with E-state index in [0.29, 0.717) is 11.5 Å². The average Bonchev–Trinajstić information content (AvgIpc) is 2.56. The van der Waals surface area contributed by atoms with E-state index in [4.69, 9.17) is 15.3 Å². The molecule has 0 unspecified atom stereocenters. The van der Waals surface area contributed by atoms with Crippen LogP contribution in [0.2, 0.25) is 0 Å². The summed E-state index contributed by atoms with van der Waals surface area (Å²) in [5.41, 5.74) is 3.18. The van der Waals surface area contributed by atoms with Gasteiger partial charge in [-0.3, -0.25) is 0 Å². The minimum absolute atomic E-state index is 0.00189. The SMILES string of the molecule is CCN(CC)c1ccc2c(c1)OC(=C(C#N)C#N)C=C2C(C)C. The number of allylic oxidation sites excluding steroid dienone is 3. The van der Waals surface area contributed by atoms with Crippen molar-refractivity contribution in [2.45, 2.75) is 27.7 Å². The molecule has 0 amide bonds. The lowest BCUT2D eigenvalue weighted by Crippen LogP contribution is -2.22. The number of rotatable bonds is 4. The van der Waals surface area contributed by atoms with E-state index >= 15 is 0 Å². The Balaban J connectivity index is 2.60. The molecule has 1 aromatic rings. The largest absolute Gasteiger partial charge is 0.454 e. The maximum atomic E-state index is 9.12. The third kappa shape index (κ3) is 3.22. The number of fused-ring (bicyclic) bond motifs is 1. The number of hydrogen-bond donors (Lipinski definition) is 0. The van der Waals surface area contributed by atoms with Crippen LogP contribution in [0.1, 0.15) is 33.3 Å². The van der Waals surface area contributed by atoms with Crippen LogP contribution in [0.3, 0.4) is 0 Å². The van der Waals surface area contributed by atoms with E-state index in [2.05, 4.69) is 44.7 Å². The van der Waals surface area contributed by atoms with Gasteiger partial charge in [0, 0.05) is 30.4 Å². The number of benzene rings is 1. The van der Waals surface area contributed by atoms with Crippen LogP contribution in [0, 0.1) is 28.6 Å². The Morgan fingerprint density at radius 1 is 1.17 bits per heavy atom. The standard InChI is InChI=1S/C19H21N3O/c1-5-22(6-2)15-7-8-16-17(13(3)4)10-18(14(11-20)12-21)23-19(16)9-15/h7-10,13H,5-6H2,1-4H3. The lowest BCUT2D eigenvalue weighted by atomic mass is 9.91. The number of nitrogens with zero attached hydrogens (tertiary/aromatic N) is 3. The van der Waals surface area contributed by atoms with Crippen LogP contribution in [0.4, 0.5) is 5.69 Å². The van der Waals surface area contributed by atoms with Crippen LogP contribution in [-0.2, 0) is 0 Å². The Hall–Kier alpha value is -2.72. The summed E-state index contributed by atoms with van der Waals surface area (Å²) in [5, 5.41) is 18.2. The van der Waals surface area contributed by atoms with E-state index in [9.17, 15) is 0 Å². The predicted octanol–water partition coefficient (Wildman–Crippen LogP) is 4.27. The molecule has 0 atom stereocenters. The molecule has 0 fully saturated rings. The van der Waals surface area contributed by atoms with Crippen LogP contribution in [-0.4, -0.2) is 13.1 Å². The molecular weight excluding hydrogens is 286 g/mol. The van der Waals surface area contributed by atoms with Crippen molar-refractivity contribution in [1.29, 1.82) is 10.5 Å². The maximum absolute atomic E-state index is 9.12. The first-order valence-corrected chi connectivity index (χ1v) is 7.88. The average molecular weight is 307 g/mol. The Kier molecular flexibility index (Phi) is 5.09. The Morgan fingerprint density at radius 3 is 2.35 bits per heavy atom. The number of nitriles is 2. The van der Waals surface area contributed by atoms with Crippen molar-refractivity contribution >= 4 is 11.3 Å². The molecule has 4 heteroatoms. The van der Waals surface area contributed by atoms with Crippen molar-refractivity contribution in [2.24, 2.45) is 5.92 Å². The van der Waals surface area contributed by atoms with Gasteiger partial charge in [0.15, 0.2) is 11.3 Å². The molecule has 2 rings (SSSR count). The highest BCUT2D eigenvalue weighted by Crippen LogP contribution is 2.40. The van der Waals surface area contributed by atoms with E-state index < -0.39 is 0 Å². The third-order valence-electron chi connectivity index (χ3n) is 4.00. The summed E-state index contributed by atoms with van der Waals surface area (Å²) in [6.07, 6.45) is 1.81. The van der Waals surface area contributed by atoms with Crippen LogP contribution in [0.15, 0.2) is 35.6 Å². The molecular formula is C19H21N3O. The molecule has 0 bridgehead atoms. The third-order valence-corrected chi connectivity index (χ3v) is 4.00. The van der Waals surface area contributed by atoms with Crippen LogP contribution in [0.25, 0.3) is 5.57 Å². The molecule has 0 saturated carbocycles. The van der Waals surface area contributed by atoms with Gasteiger partial charge < -0.3 is 9.64 Å². The first kappa shape index (κ1) is 16.6. The summed E-state index contributed by atoms with van der Waals surface area (Å²) < 4.78 is 5.87. The van der Waals surface area contributed by atoms with Gasteiger partial charge >= 0.3 is 0 Å². The van der Waals surface area contributed by atoms with Crippen molar-refractivity contribution in [3.05, 3.63) is 41.2 Å². The smallest absolute Gasteiger partial charge is 0.172 e. The molecule has 23 heavy (non-hydrogen) atoms. The number of ether oxygens (including phenoxy) is 1. The van der Waals surface area contributed by atoms with E-state index in [-0.39, 0.29) is 11.5 Å². The summed E-state index contributed by atoms with van der Waals surface area (Å²) >= 11 is 0. The van der Waals surface area contributed by atoms with Gasteiger partial charge in [-0.15, -0.1) is 0 Å². The maximum Gasteiger partial charge on any atom is 0.172 e. The molecule has 1 heterocycles. The van der Waals surface area contributed by atoms with Gasteiger partial charge in [-0.1, -0.05) is 13.8 Å². The number of anilines is 1. The zero-order valence-electron chi connectivity index (χ0n) is 14.1. The van der Waals surface area contributed by atoms with E-state index in [1.165, 1.54) is 0 Å². The zero-order chi connectivity index (χ0) is 17.0. The highest BCUT2D eigenvalue weighted by atomic mass is 16.5. The molecule has 0 aromatic heterocycles. The lowest BCUT2D eigenvalue weighted by Gasteiger charge is -2.26. The summed E-state index contributed by atoms with van der Waals surface area (Å²) in [6, 6.07) is 9.96. The fourth-order valence-electron chi connectivity index (χ4n) is 2.72. The van der Waals surface area contributed by atoms with Gasteiger partial charge in [-0.05, 0) is 43.5 Å². The highest BCUT2D eigenvalue weighted by molar-refractivity contribution is 5.78. The molecule has 0 radical (unpaired) electrons. The highest BCUT2D eigenvalue weighted by Gasteiger charge is 2.22. The van der Waals surface area contributed by atoms with Gasteiger partial charge in [0.2, 0.25) is 0 Å².